The van der Waals surface area contributed by atoms with Gasteiger partial charge in [0.25, 0.3) is 5.91 Å². The van der Waals surface area contributed by atoms with Crippen LogP contribution >= 0.6 is 11.6 Å². The standard InChI is InChI=1S/C31H36ClFN8O3/c32-26-9-3-23(4-10-26)20-37-30-39-29(40-31(41-30)38-21-24-5-11-27(33)12-6-24)36-19-22-1-7-25(8-2-22)28(42)35-14-16-44-18-17-43-15-13-34/h1-12H,13-21,34H2,(H,35,42)(H3,36,37,38,39,40,41). The van der Waals surface area contributed by atoms with E-state index in [1.54, 1.807) is 24.3 Å². The van der Waals surface area contributed by atoms with Gasteiger partial charge in [0.05, 0.1) is 26.4 Å². The lowest BCUT2D eigenvalue weighted by atomic mass is 10.1. The largest absolute Gasteiger partial charge is 0.378 e. The van der Waals surface area contributed by atoms with Crippen LogP contribution in [-0.4, -0.2) is 60.4 Å². The van der Waals surface area contributed by atoms with Gasteiger partial charge in [0.15, 0.2) is 0 Å². The van der Waals surface area contributed by atoms with E-state index in [1.165, 1.54) is 12.1 Å². The van der Waals surface area contributed by atoms with E-state index in [2.05, 4.69) is 36.2 Å². The number of hydrogen-bond donors (Lipinski definition) is 5. The molecule has 1 heterocycles. The number of nitrogens with one attached hydrogen (secondary N) is 4. The molecule has 13 heteroatoms. The van der Waals surface area contributed by atoms with Crippen LogP contribution in [0.4, 0.5) is 22.2 Å². The molecule has 44 heavy (non-hydrogen) atoms. The van der Waals surface area contributed by atoms with E-state index < -0.39 is 0 Å². The van der Waals surface area contributed by atoms with Crippen molar-refractivity contribution in [2.45, 2.75) is 19.6 Å². The third kappa shape index (κ3) is 11.4. The van der Waals surface area contributed by atoms with E-state index in [-0.39, 0.29) is 11.7 Å². The average Bonchev–Trinajstić information content (AvgIpc) is 3.04. The van der Waals surface area contributed by atoms with Gasteiger partial charge in [-0.2, -0.15) is 15.0 Å². The summed E-state index contributed by atoms with van der Waals surface area (Å²) < 4.78 is 24.0. The quantitative estimate of drug-likeness (QED) is 0.102. The summed E-state index contributed by atoms with van der Waals surface area (Å²) in [7, 11) is 0. The van der Waals surface area contributed by atoms with Crippen LogP contribution < -0.4 is 27.0 Å². The normalized spacial score (nSPS) is 10.8. The van der Waals surface area contributed by atoms with Gasteiger partial charge in [0.2, 0.25) is 17.8 Å². The first-order chi connectivity index (χ1) is 21.5. The highest BCUT2D eigenvalue weighted by Crippen LogP contribution is 2.15. The Morgan fingerprint density at radius 2 is 1.14 bits per heavy atom. The summed E-state index contributed by atoms with van der Waals surface area (Å²) in [4.78, 5) is 26.0. The Morgan fingerprint density at radius 1 is 0.682 bits per heavy atom. The molecule has 0 aliphatic heterocycles. The zero-order valence-corrected chi connectivity index (χ0v) is 24.9. The van der Waals surface area contributed by atoms with Crippen LogP contribution in [0.2, 0.25) is 5.02 Å². The number of nitrogens with two attached hydrogens (primary N) is 1. The lowest BCUT2D eigenvalue weighted by Crippen LogP contribution is -2.27. The van der Waals surface area contributed by atoms with E-state index in [4.69, 9.17) is 26.8 Å². The van der Waals surface area contributed by atoms with E-state index in [0.717, 1.165) is 16.7 Å². The van der Waals surface area contributed by atoms with Crippen LogP contribution in [0, 0.1) is 5.82 Å². The van der Waals surface area contributed by atoms with E-state index in [9.17, 15) is 9.18 Å². The van der Waals surface area contributed by atoms with Crippen molar-refractivity contribution in [2.75, 3.05) is 55.5 Å². The first-order valence-electron chi connectivity index (χ1n) is 14.2. The molecule has 0 saturated heterocycles. The highest BCUT2D eigenvalue weighted by atomic mass is 35.5. The van der Waals surface area contributed by atoms with Gasteiger partial charge in [-0.1, -0.05) is 48.0 Å². The molecule has 0 radical (unpaired) electrons. The molecule has 4 aromatic rings. The smallest absolute Gasteiger partial charge is 0.251 e. The van der Waals surface area contributed by atoms with Crippen molar-refractivity contribution in [3.63, 3.8) is 0 Å². The molecule has 0 fully saturated rings. The molecular formula is C31H36ClFN8O3. The molecule has 0 aliphatic rings. The van der Waals surface area contributed by atoms with Crippen LogP contribution in [-0.2, 0) is 29.1 Å². The van der Waals surface area contributed by atoms with Crippen molar-refractivity contribution in [2.24, 2.45) is 5.73 Å². The Bertz CT molecular complexity index is 1380. The predicted octanol–water partition coefficient (Wildman–Crippen LogP) is 4.22. The Labute approximate surface area is 260 Å². The number of ether oxygens (including phenoxy) is 2. The number of amides is 1. The van der Waals surface area contributed by atoms with Crippen LogP contribution in [0.1, 0.15) is 27.0 Å². The Morgan fingerprint density at radius 3 is 1.64 bits per heavy atom. The van der Waals surface area contributed by atoms with Gasteiger partial charge < -0.3 is 36.5 Å². The molecule has 0 atom stereocenters. The minimum atomic E-state index is -0.298. The lowest BCUT2D eigenvalue weighted by Gasteiger charge is -2.12. The highest BCUT2D eigenvalue weighted by molar-refractivity contribution is 6.30. The molecular weight excluding hydrogens is 587 g/mol. The van der Waals surface area contributed by atoms with Crippen molar-refractivity contribution in [3.8, 4) is 0 Å². The lowest BCUT2D eigenvalue weighted by molar-refractivity contribution is 0.0511. The van der Waals surface area contributed by atoms with Gasteiger partial charge in [0.1, 0.15) is 5.82 Å². The second-order valence-corrected chi connectivity index (χ2v) is 10.0. The van der Waals surface area contributed by atoms with Crippen LogP contribution in [0.25, 0.3) is 0 Å². The third-order valence-corrected chi connectivity index (χ3v) is 6.45. The Balaban J connectivity index is 1.31. The SMILES string of the molecule is NCCOCCOCCNC(=O)c1ccc(CNc2nc(NCc3ccc(F)cc3)nc(NCc3ccc(Cl)cc3)n2)cc1. The first-order valence-corrected chi connectivity index (χ1v) is 14.6. The summed E-state index contributed by atoms with van der Waals surface area (Å²) in [5.41, 5.74) is 8.72. The van der Waals surface area contributed by atoms with Gasteiger partial charge in [-0.3, -0.25) is 4.79 Å². The maximum absolute atomic E-state index is 13.3. The third-order valence-electron chi connectivity index (χ3n) is 6.20. The maximum Gasteiger partial charge on any atom is 0.251 e. The van der Waals surface area contributed by atoms with Crippen LogP contribution in [0.15, 0.2) is 72.8 Å². The monoisotopic (exact) mass is 622 g/mol. The minimum absolute atomic E-state index is 0.182. The van der Waals surface area contributed by atoms with Crippen molar-refractivity contribution < 1.29 is 18.7 Å². The number of halogens is 2. The molecule has 0 spiro atoms. The first kappa shape index (κ1) is 32.6. The fraction of sp³-hybridized carbons (Fsp3) is 0.290. The summed E-state index contributed by atoms with van der Waals surface area (Å²) in [6, 6.07) is 20.9. The molecule has 0 saturated carbocycles. The second-order valence-electron chi connectivity index (χ2n) is 9.59. The summed E-state index contributed by atoms with van der Waals surface area (Å²) in [6.45, 7) is 3.99. The molecule has 0 aliphatic carbocycles. The van der Waals surface area contributed by atoms with Crippen LogP contribution in [0.5, 0.6) is 0 Å². The summed E-state index contributed by atoms with van der Waals surface area (Å²) in [5, 5.41) is 13.1. The van der Waals surface area contributed by atoms with Gasteiger partial charge in [-0.15, -0.1) is 0 Å². The van der Waals surface area contributed by atoms with E-state index in [1.807, 2.05) is 36.4 Å². The minimum Gasteiger partial charge on any atom is -0.378 e. The van der Waals surface area contributed by atoms with E-state index >= 15 is 0 Å². The number of benzene rings is 3. The predicted molar refractivity (Wildman–Crippen MR) is 169 cm³/mol. The fourth-order valence-corrected chi connectivity index (χ4v) is 4.01. The Hall–Kier alpha value is -4.36. The van der Waals surface area contributed by atoms with Crippen LogP contribution in [0.3, 0.4) is 0 Å². The number of nitrogens with zero attached hydrogens (tertiary/aromatic N) is 3. The summed E-state index contributed by atoms with van der Waals surface area (Å²) in [5.74, 6) is 0.602. The highest BCUT2D eigenvalue weighted by Gasteiger charge is 2.09. The molecule has 0 unspecified atom stereocenters. The number of rotatable bonds is 18. The number of carbonyl (C=O) groups excluding carboxylic acids is 1. The summed E-state index contributed by atoms with van der Waals surface area (Å²) in [6.07, 6.45) is 0. The molecule has 11 nitrogen and oxygen atoms in total. The molecule has 6 N–H and O–H groups in total. The fourth-order valence-electron chi connectivity index (χ4n) is 3.88. The van der Waals surface area contributed by atoms with Crippen molar-refractivity contribution >= 4 is 35.4 Å². The molecule has 1 amide bonds. The van der Waals surface area contributed by atoms with E-state index in [0.29, 0.717) is 87.6 Å². The summed E-state index contributed by atoms with van der Waals surface area (Å²) >= 11 is 6.00. The Kier molecular flexibility index (Phi) is 13.1. The zero-order chi connectivity index (χ0) is 31.0. The average molecular weight is 623 g/mol. The number of carbonyl (C=O) groups is 1. The molecule has 232 valence electrons. The molecule has 4 rings (SSSR count). The topological polar surface area (TPSA) is 148 Å². The van der Waals surface area contributed by atoms with Gasteiger partial charge in [0, 0.05) is 43.3 Å². The van der Waals surface area contributed by atoms with Gasteiger partial charge in [-0.05, 0) is 53.1 Å². The van der Waals surface area contributed by atoms with Crippen molar-refractivity contribution in [3.05, 3.63) is 106 Å². The van der Waals surface area contributed by atoms with Gasteiger partial charge >= 0.3 is 0 Å². The number of anilines is 3. The number of hydrogen-bond acceptors (Lipinski definition) is 10. The van der Waals surface area contributed by atoms with Crippen molar-refractivity contribution in [1.82, 2.24) is 20.3 Å². The maximum atomic E-state index is 13.3. The molecule has 3 aromatic carbocycles. The molecule has 1 aromatic heterocycles. The van der Waals surface area contributed by atoms with Crippen molar-refractivity contribution in [1.29, 1.82) is 0 Å². The van der Waals surface area contributed by atoms with Gasteiger partial charge in [-0.25, -0.2) is 4.39 Å². The second kappa shape index (κ2) is 17.7. The number of aromatic nitrogens is 3. The zero-order valence-electron chi connectivity index (χ0n) is 24.2. The molecule has 0 bridgehead atoms.